The zero-order valence-electron chi connectivity index (χ0n) is 10.3. The van der Waals surface area contributed by atoms with Gasteiger partial charge in [-0.05, 0) is 25.0 Å². The van der Waals surface area contributed by atoms with Gasteiger partial charge in [0.05, 0.1) is 6.61 Å². The molecule has 1 aromatic rings. The molecule has 0 radical (unpaired) electrons. The predicted molar refractivity (Wildman–Crippen MR) is 73.6 cm³/mol. The van der Waals surface area contributed by atoms with Gasteiger partial charge in [0, 0.05) is 35.0 Å². The zero-order chi connectivity index (χ0) is 12.5. The molecule has 0 saturated carbocycles. The summed E-state index contributed by atoms with van der Waals surface area (Å²) >= 11 is 3.48. The second kappa shape index (κ2) is 5.19. The van der Waals surface area contributed by atoms with Crippen molar-refractivity contribution in [3.8, 4) is 5.75 Å². The van der Waals surface area contributed by atoms with Crippen molar-refractivity contribution >= 4 is 15.9 Å². The fourth-order valence-electron chi connectivity index (χ4n) is 2.85. The summed E-state index contributed by atoms with van der Waals surface area (Å²) in [4.78, 5) is 0. The highest BCUT2D eigenvalue weighted by atomic mass is 79.9. The summed E-state index contributed by atoms with van der Waals surface area (Å²) in [5.41, 5.74) is 7.37. The molecule has 98 valence electrons. The molecule has 3 atom stereocenters. The fraction of sp³-hybridized carbons (Fsp3) is 0.571. The van der Waals surface area contributed by atoms with Gasteiger partial charge in [0.15, 0.2) is 0 Å². The number of fused-ring (bicyclic) bond motifs is 1. The van der Waals surface area contributed by atoms with Crippen molar-refractivity contribution in [1.82, 2.24) is 0 Å². The summed E-state index contributed by atoms with van der Waals surface area (Å²) < 4.78 is 12.7. The van der Waals surface area contributed by atoms with E-state index in [4.69, 9.17) is 15.2 Å². The van der Waals surface area contributed by atoms with Crippen LogP contribution in [0, 0.1) is 5.92 Å². The van der Waals surface area contributed by atoms with E-state index in [1.54, 1.807) is 0 Å². The lowest BCUT2D eigenvalue weighted by Gasteiger charge is -2.36. The molecule has 1 saturated heterocycles. The van der Waals surface area contributed by atoms with Crippen molar-refractivity contribution in [2.75, 3.05) is 13.2 Å². The van der Waals surface area contributed by atoms with Crippen LogP contribution in [0.15, 0.2) is 22.7 Å². The Balaban J connectivity index is 1.81. The maximum absolute atomic E-state index is 6.26. The molecule has 0 aliphatic carbocycles. The van der Waals surface area contributed by atoms with Gasteiger partial charge in [0.25, 0.3) is 0 Å². The first-order valence-electron chi connectivity index (χ1n) is 6.53. The Labute approximate surface area is 116 Å². The maximum Gasteiger partial charge on any atom is 0.125 e. The van der Waals surface area contributed by atoms with Gasteiger partial charge in [0.2, 0.25) is 0 Å². The van der Waals surface area contributed by atoms with E-state index in [-0.39, 0.29) is 12.1 Å². The minimum Gasteiger partial charge on any atom is -0.490 e. The molecule has 0 bridgehead atoms. The van der Waals surface area contributed by atoms with Crippen LogP contribution in [0.4, 0.5) is 0 Å². The second-order valence-electron chi connectivity index (χ2n) is 5.16. The molecule has 0 amide bonds. The van der Waals surface area contributed by atoms with E-state index < -0.39 is 0 Å². The van der Waals surface area contributed by atoms with Crippen molar-refractivity contribution in [2.24, 2.45) is 11.7 Å². The second-order valence-corrected chi connectivity index (χ2v) is 6.07. The van der Waals surface area contributed by atoms with Crippen molar-refractivity contribution in [2.45, 2.75) is 31.4 Å². The predicted octanol–water partition coefficient (Wildman–Crippen LogP) is 3.03. The first kappa shape index (κ1) is 12.5. The highest BCUT2D eigenvalue weighted by Crippen LogP contribution is 2.38. The van der Waals surface area contributed by atoms with Crippen LogP contribution in [-0.4, -0.2) is 19.3 Å². The zero-order valence-corrected chi connectivity index (χ0v) is 11.9. The quantitative estimate of drug-likeness (QED) is 0.867. The molecular weight excluding hydrogens is 294 g/mol. The van der Waals surface area contributed by atoms with Gasteiger partial charge in [-0.15, -0.1) is 0 Å². The number of hydrogen-bond donors (Lipinski definition) is 1. The number of nitrogens with two attached hydrogens (primary N) is 1. The first-order valence-corrected chi connectivity index (χ1v) is 7.33. The smallest absolute Gasteiger partial charge is 0.125 e. The van der Waals surface area contributed by atoms with Crippen molar-refractivity contribution < 1.29 is 9.47 Å². The number of ether oxygens (including phenoxy) is 2. The van der Waals surface area contributed by atoms with Gasteiger partial charge < -0.3 is 15.2 Å². The number of hydrogen-bond acceptors (Lipinski definition) is 3. The van der Waals surface area contributed by atoms with Gasteiger partial charge in [-0.1, -0.05) is 22.0 Å². The SMILES string of the molecule is N[C@H]1CC(C2CCCOC2)Oc2cc(Br)ccc21. The van der Waals surface area contributed by atoms with Crippen molar-refractivity contribution in [3.63, 3.8) is 0 Å². The van der Waals surface area contributed by atoms with Crippen LogP contribution in [0.5, 0.6) is 5.75 Å². The number of rotatable bonds is 1. The summed E-state index contributed by atoms with van der Waals surface area (Å²) in [6, 6.07) is 6.17. The summed E-state index contributed by atoms with van der Waals surface area (Å²) in [5, 5.41) is 0. The highest BCUT2D eigenvalue weighted by molar-refractivity contribution is 9.10. The van der Waals surface area contributed by atoms with Gasteiger partial charge in [-0.3, -0.25) is 0 Å². The van der Waals surface area contributed by atoms with E-state index in [0.29, 0.717) is 5.92 Å². The van der Waals surface area contributed by atoms with Crippen LogP contribution >= 0.6 is 15.9 Å². The third-order valence-electron chi connectivity index (χ3n) is 3.86. The van der Waals surface area contributed by atoms with E-state index in [0.717, 1.165) is 41.8 Å². The van der Waals surface area contributed by atoms with Crippen LogP contribution in [0.2, 0.25) is 0 Å². The lowest BCUT2D eigenvalue weighted by Crippen LogP contribution is -2.38. The summed E-state index contributed by atoms with van der Waals surface area (Å²) in [6.45, 7) is 1.69. The molecule has 0 aromatic heterocycles. The van der Waals surface area contributed by atoms with Crippen molar-refractivity contribution in [3.05, 3.63) is 28.2 Å². The Bertz CT molecular complexity index is 432. The number of benzene rings is 1. The maximum atomic E-state index is 6.26. The topological polar surface area (TPSA) is 44.5 Å². The molecule has 1 aromatic carbocycles. The largest absolute Gasteiger partial charge is 0.490 e. The minimum absolute atomic E-state index is 0.0776. The standard InChI is InChI=1S/C14H18BrNO2/c15-10-3-4-11-12(16)7-13(18-14(11)6-10)9-2-1-5-17-8-9/h3-4,6,9,12-13H,1-2,5,7-8,16H2/t9?,12-,13?/m0/s1. The van der Waals surface area contributed by atoms with Crippen molar-refractivity contribution in [1.29, 1.82) is 0 Å². The van der Waals surface area contributed by atoms with Gasteiger partial charge in [-0.2, -0.15) is 0 Å². The summed E-state index contributed by atoms with van der Waals surface area (Å²) in [6.07, 6.45) is 3.40. The average molecular weight is 312 g/mol. The van der Waals surface area contributed by atoms with Gasteiger partial charge in [0.1, 0.15) is 11.9 Å². The third-order valence-corrected chi connectivity index (χ3v) is 4.35. The normalized spacial score (nSPS) is 31.6. The monoisotopic (exact) mass is 311 g/mol. The van der Waals surface area contributed by atoms with Crippen LogP contribution in [0.3, 0.4) is 0 Å². The lowest BCUT2D eigenvalue weighted by atomic mass is 9.87. The molecule has 3 rings (SSSR count). The number of halogens is 1. The van der Waals surface area contributed by atoms with Crippen LogP contribution in [-0.2, 0) is 4.74 Å². The molecule has 2 aliphatic heterocycles. The van der Waals surface area contributed by atoms with E-state index in [9.17, 15) is 0 Å². The molecule has 2 unspecified atom stereocenters. The Hall–Kier alpha value is -0.580. The average Bonchev–Trinajstić information content (AvgIpc) is 2.39. The molecule has 1 fully saturated rings. The van der Waals surface area contributed by atoms with Gasteiger partial charge in [-0.25, -0.2) is 0 Å². The molecule has 4 heteroatoms. The van der Waals surface area contributed by atoms with Crippen LogP contribution < -0.4 is 10.5 Å². The molecular formula is C14H18BrNO2. The first-order chi connectivity index (χ1) is 8.74. The Morgan fingerprint density at radius 3 is 3.00 bits per heavy atom. The highest BCUT2D eigenvalue weighted by Gasteiger charge is 2.32. The van der Waals surface area contributed by atoms with E-state index >= 15 is 0 Å². The molecule has 2 N–H and O–H groups in total. The van der Waals surface area contributed by atoms with E-state index in [1.165, 1.54) is 6.42 Å². The van der Waals surface area contributed by atoms with Crippen LogP contribution in [0.1, 0.15) is 30.9 Å². The van der Waals surface area contributed by atoms with Gasteiger partial charge >= 0.3 is 0 Å². The molecule has 18 heavy (non-hydrogen) atoms. The Morgan fingerprint density at radius 1 is 1.33 bits per heavy atom. The Kier molecular flexibility index (Phi) is 3.59. The fourth-order valence-corrected chi connectivity index (χ4v) is 3.19. The molecule has 3 nitrogen and oxygen atoms in total. The van der Waals surface area contributed by atoms with E-state index in [1.807, 2.05) is 12.1 Å². The summed E-state index contributed by atoms with van der Waals surface area (Å²) in [7, 11) is 0. The lowest BCUT2D eigenvalue weighted by molar-refractivity contribution is -0.00925. The summed E-state index contributed by atoms with van der Waals surface area (Å²) in [5.74, 6) is 1.41. The molecule has 2 aliphatic rings. The van der Waals surface area contributed by atoms with Crippen LogP contribution in [0.25, 0.3) is 0 Å². The molecule has 2 heterocycles. The van der Waals surface area contributed by atoms with E-state index in [2.05, 4.69) is 22.0 Å². The minimum atomic E-state index is 0.0776. The molecule has 0 spiro atoms. The Morgan fingerprint density at radius 2 is 2.22 bits per heavy atom. The third kappa shape index (κ3) is 2.42.